The highest BCUT2D eigenvalue weighted by atomic mass is 35.5. The molecule has 7 nitrogen and oxygen atoms in total. The number of nitrogens with zero attached hydrogens (tertiary/aromatic N) is 4. The SMILES string of the molecule is O=S(=O)(c1ccccc1Cl)N1CCC[C@@H]1c1cccc(Nc2cnccn2)n1. The number of hydrogen-bond acceptors (Lipinski definition) is 6. The molecule has 1 fully saturated rings. The van der Waals surface area contributed by atoms with E-state index in [2.05, 4.69) is 20.3 Å². The molecule has 1 aromatic carbocycles. The van der Waals surface area contributed by atoms with Crippen LogP contribution >= 0.6 is 11.6 Å². The largest absolute Gasteiger partial charge is 0.324 e. The van der Waals surface area contributed by atoms with Gasteiger partial charge in [0.25, 0.3) is 0 Å². The van der Waals surface area contributed by atoms with Crippen molar-refractivity contribution in [2.75, 3.05) is 11.9 Å². The Hall–Kier alpha value is -2.55. The van der Waals surface area contributed by atoms with Gasteiger partial charge in [-0.3, -0.25) is 4.98 Å². The molecule has 144 valence electrons. The second kappa shape index (κ2) is 7.83. The summed E-state index contributed by atoms with van der Waals surface area (Å²) >= 11 is 6.15. The topological polar surface area (TPSA) is 88.1 Å². The standard InChI is InChI=1S/C19H18ClN5O2S/c20-14-5-1-2-8-17(14)28(26,27)25-12-4-7-16(25)15-6-3-9-18(23-15)24-19-13-21-10-11-22-19/h1-3,5-6,8-11,13,16H,4,7,12H2,(H,22,23,24)/t16-/m1/s1. The lowest BCUT2D eigenvalue weighted by Gasteiger charge is -2.24. The van der Waals surface area contributed by atoms with Gasteiger partial charge in [-0.25, -0.2) is 18.4 Å². The number of hydrogen-bond donors (Lipinski definition) is 1. The predicted octanol–water partition coefficient (Wildman–Crippen LogP) is 3.79. The Bertz CT molecular complexity index is 1080. The molecule has 0 unspecified atom stereocenters. The van der Waals surface area contributed by atoms with Gasteiger partial charge in [-0.2, -0.15) is 4.31 Å². The van der Waals surface area contributed by atoms with Crippen molar-refractivity contribution in [3.8, 4) is 0 Å². The van der Waals surface area contributed by atoms with E-state index in [4.69, 9.17) is 11.6 Å². The van der Waals surface area contributed by atoms with E-state index in [1.54, 1.807) is 42.9 Å². The van der Waals surface area contributed by atoms with Gasteiger partial charge in [-0.15, -0.1) is 0 Å². The predicted molar refractivity (Wildman–Crippen MR) is 107 cm³/mol. The summed E-state index contributed by atoms with van der Waals surface area (Å²) < 4.78 is 27.9. The summed E-state index contributed by atoms with van der Waals surface area (Å²) in [5.74, 6) is 1.15. The van der Waals surface area contributed by atoms with Gasteiger partial charge in [0.05, 0.1) is 23.0 Å². The first kappa shape index (κ1) is 18.8. The quantitative estimate of drug-likeness (QED) is 0.682. The maximum absolute atomic E-state index is 13.2. The average Bonchev–Trinajstić information content (AvgIpc) is 3.20. The van der Waals surface area contributed by atoms with Gasteiger partial charge in [0.1, 0.15) is 16.5 Å². The van der Waals surface area contributed by atoms with Crippen LogP contribution in [0.3, 0.4) is 0 Å². The van der Waals surface area contributed by atoms with E-state index in [1.165, 1.54) is 10.4 Å². The van der Waals surface area contributed by atoms with Crippen LogP contribution in [0.2, 0.25) is 5.02 Å². The molecule has 3 aromatic rings. The Balaban J connectivity index is 1.64. The molecule has 0 aliphatic carbocycles. The third kappa shape index (κ3) is 3.71. The van der Waals surface area contributed by atoms with Gasteiger partial charge < -0.3 is 5.32 Å². The van der Waals surface area contributed by atoms with E-state index >= 15 is 0 Å². The third-order valence-corrected chi connectivity index (χ3v) is 6.97. The van der Waals surface area contributed by atoms with Gasteiger partial charge in [0.15, 0.2) is 0 Å². The van der Waals surface area contributed by atoms with Crippen LogP contribution in [0.4, 0.5) is 11.6 Å². The van der Waals surface area contributed by atoms with Crippen molar-refractivity contribution in [1.82, 2.24) is 19.3 Å². The summed E-state index contributed by atoms with van der Waals surface area (Å²) in [6, 6.07) is 11.7. The molecule has 1 aliphatic heterocycles. The fourth-order valence-electron chi connectivity index (χ4n) is 3.31. The lowest BCUT2D eigenvalue weighted by molar-refractivity contribution is 0.391. The van der Waals surface area contributed by atoms with Crippen molar-refractivity contribution in [3.63, 3.8) is 0 Å². The Labute approximate surface area is 168 Å². The second-order valence-electron chi connectivity index (χ2n) is 6.37. The first-order valence-electron chi connectivity index (χ1n) is 8.82. The summed E-state index contributed by atoms with van der Waals surface area (Å²) in [5, 5.41) is 3.31. The molecule has 1 N–H and O–H groups in total. The number of halogens is 1. The van der Waals surface area contributed by atoms with Crippen molar-refractivity contribution in [1.29, 1.82) is 0 Å². The number of aromatic nitrogens is 3. The molecular formula is C19H18ClN5O2S. The molecule has 1 aliphatic rings. The maximum atomic E-state index is 13.2. The average molecular weight is 416 g/mol. The second-order valence-corrected chi connectivity index (χ2v) is 8.63. The molecule has 1 saturated heterocycles. The Morgan fingerprint density at radius 3 is 2.71 bits per heavy atom. The lowest BCUT2D eigenvalue weighted by Crippen LogP contribution is -2.31. The van der Waals surface area contributed by atoms with Crippen LogP contribution in [0.1, 0.15) is 24.6 Å². The summed E-state index contributed by atoms with van der Waals surface area (Å²) in [6.07, 6.45) is 6.23. The number of benzene rings is 1. The molecule has 0 spiro atoms. The highest BCUT2D eigenvalue weighted by molar-refractivity contribution is 7.89. The van der Waals surface area contributed by atoms with E-state index in [0.717, 1.165) is 6.42 Å². The molecule has 4 rings (SSSR count). The van der Waals surface area contributed by atoms with Crippen LogP contribution in [0, 0.1) is 0 Å². The third-order valence-electron chi connectivity index (χ3n) is 4.56. The van der Waals surface area contributed by atoms with Gasteiger partial charge >= 0.3 is 0 Å². The normalized spacial score (nSPS) is 17.5. The van der Waals surface area contributed by atoms with Crippen LogP contribution < -0.4 is 5.32 Å². The minimum atomic E-state index is -3.72. The van der Waals surface area contributed by atoms with E-state index in [9.17, 15) is 8.42 Å². The number of rotatable bonds is 5. The summed E-state index contributed by atoms with van der Waals surface area (Å²) in [5.41, 5.74) is 0.682. The van der Waals surface area contributed by atoms with Crippen molar-refractivity contribution in [3.05, 3.63) is 71.8 Å². The monoisotopic (exact) mass is 415 g/mol. The van der Waals surface area contributed by atoms with Crippen LogP contribution in [0.25, 0.3) is 0 Å². The van der Waals surface area contributed by atoms with Gasteiger partial charge in [-0.1, -0.05) is 29.8 Å². The summed E-state index contributed by atoms with van der Waals surface area (Å²) in [7, 11) is -3.72. The maximum Gasteiger partial charge on any atom is 0.245 e. The van der Waals surface area contributed by atoms with Crippen LogP contribution in [0.15, 0.2) is 66.0 Å². The fourth-order valence-corrected chi connectivity index (χ4v) is 5.47. The summed E-state index contributed by atoms with van der Waals surface area (Å²) in [6.45, 7) is 0.432. The first-order valence-corrected chi connectivity index (χ1v) is 10.6. The highest BCUT2D eigenvalue weighted by Crippen LogP contribution is 2.37. The molecule has 2 aromatic heterocycles. The molecule has 0 radical (unpaired) electrons. The van der Waals surface area contributed by atoms with Crippen LogP contribution in [0.5, 0.6) is 0 Å². The smallest absolute Gasteiger partial charge is 0.245 e. The number of sulfonamides is 1. The molecule has 0 bridgehead atoms. The van der Waals surface area contributed by atoms with Gasteiger partial charge in [0.2, 0.25) is 10.0 Å². The van der Waals surface area contributed by atoms with Crippen molar-refractivity contribution in [2.45, 2.75) is 23.8 Å². The van der Waals surface area contributed by atoms with E-state index in [1.807, 2.05) is 12.1 Å². The highest BCUT2D eigenvalue weighted by Gasteiger charge is 2.37. The molecular weight excluding hydrogens is 398 g/mol. The van der Waals surface area contributed by atoms with E-state index in [0.29, 0.717) is 30.3 Å². The Morgan fingerprint density at radius 1 is 1.07 bits per heavy atom. The first-order chi connectivity index (χ1) is 13.6. The van der Waals surface area contributed by atoms with E-state index < -0.39 is 10.0 Å². The van der Waals surface area contributed by atoms with Gasteiger partial charge in [-0.05, 0) is 37.1 Å². The minimum Gasteiger partial charge on any atom is -0.324 e. The van der Waals surface area contributed by atoms with Crippen LogP contribution in [-0.2, 0) is 10.0 Å². The Kier molecular flexibility index (Phi) is 5.25. The van der Waals surface area contributed by atoms with E-state index in [-0.39, 0.29) is 16.0 Å². The number of anilines is 2. The molecule has 28 heavy (non-hydrogen) atoms. The molecule has 0 saturated carbocycles. The zero-order valence-corrected chi connectivity index (χ0v) is 16.4. The van der Waals surface area contributed by atoms with Crippen LogP contribution in [-0.4, -0.2) is 34.2 Å². The molecule has 3 heterocycles. The number of pyridine rings is 1. The fraction of sp³-hybridized carbons (Fsp3) is 0.211. The molecule has 0 amide bonds. The van der Waals surface area contributed by atoms with Crippen molar-refractivity contribution < 1.29 is 8.42 Å². The minimum absolute atomic E-state index is 0.123. The number of nitrogens with one attached hydrogen (secondary N) is 1. The van der Waals surface area contributed by atoms with Crippen molar-refractivity contribution in [2.24, 2.45) is 0 Å². The zero-order valence-electron chi connectivity index (χ0n) is 14.9. The molecule has 9 heteroatoms. The summed E-state index contributed by atoms with van der Waals surface area (Å²) in [4.78, 5) is 12.9. The zero-order chi connectivity index (χ0) is 19.6. The van der Waals surface area contributed by atoms with Gasteiger partial charge in [0, 0.05) is 18.9 Å². The van der Waals surface area contributed by atoms with Crippen molar-refractivity contribution >= 4 is 33.3 Å². The lowest BCUT2D eigenvalue weighted by atomic mass is 10.1. The molecule has 1 atom stereocenters. The Morgan fingerprint density at radius 2 is 1.93 bits per heavy atom.